The van der Waals surface area contributed by atoms with E-state index < -0.39 is 0 Å². The lowest BCUT2D eigenvalue weighted by Crippen LogP contribution is -2.18. The van der Waals surface area contributed by atoms with Gasteiger partial charge in [-0.2, -0.15) is 0 Å². The summed E-state index contributed by atoms with van der Waals surface area (Å²) in [7, 11) is 1.71. The van der Waals surface area contributed by atoms with Gasteiger partial charge in [-0.1, -0.05) is 0 Å². The molecule has 21 heavy (non-hydrogen) atoms. The van der Waals surface area contributed by atoms with Crippen LogP contribution in [0.25, 0.3) is 0 Å². The van der Waals surface area contributed by atoms with E-state index in [-0.39, 0.29) is 5.91 Å². The van der Waals surface area contributed by atoms with Gasteiger partial charge in [-0.25, -0.2) is 4.98 Å². The molecule has 0 bridgehead atoms. The molecule has 6 heteroatoms. The summed E-state index contributed by atoms with van der Waals surface area (Å²) in [5, 5.41) is 3.15. The molecule has 1 aliphatic heterocycles. The number of nitrogens with zero attached hydrogens (tertiary/aromatic N) is 3. The molecular weight excluding hydrogens is 288 g/mol. The molecule has 2 heterocycles. The van der Waals surface area contributed by atoms with Gasteiger partial charge in [0.05, 0.1) is 6.20 Å². The molecule has 1 aromatic carbocycles. The summed E-state index contributed by atoms with van der Waals surface area (Å²) >= 11 is 5.84. The third-order valence-electron chi connectivity index (χ3n) is 3.76. The Morgan fingerprint density at radius 1 is 1.24 bits per heavy atom. The summed E-state index contributed by atoms with van der Waals surface area (Å²) in [6.45, 7) is 2.22. The second kappa shape index (κ2) is 5.77. The van der Waals surface area contributed by atoms with Crippen LogP contribution in [-0.2, 0) is 7.05 Å². The highest BCUT2D eigenvalue weighted by Gasteiger charge is 2.14. The van der Waals surface area contributed by atoms with Crippen molar-refractivity contribution in [3.8, 4) is 0 Å². The first-order chi connectivity index (χ1) is 10.1. The minimum atomic E-state index is -0.217. The molecule has 1 aliphatic rings. The van der Waals surface area contributed by atoms with Gasteiger partial charge in [-0.3, -0.25) is 4.79 Å². The van der Waals surface area contributed by atoms with Crippen molar-refractivity contribution in [1.82, 2.24) is 9.55 Å². The smallest absolute Gasteiger partial charge is 0.273 e. The van der Waals surface area contributed by atoms with Crippen molar-refractivity contribution in [3.05, 3.63) is 41.4 Å². The van der Waals surface area contributed by atoms with Crippen molar-refractivity contribution < 1.29 is 4.79 Å². The standard InChI is InChI=1S/C15H17ClN4O/c1-19-13(10-17-15(19)16)14(21)18-11-4-6-12(7-5-11)20-8-2-3-9-20/h4-7,10H,2-3,8-9H2,1H3,(H,18,21). The highest BCUT2D eigenvalue weighted by molar-refractivity contribution is 6.28. The summed E-state index contributed by atoms with van der Waals surface area (Å²) in [6.07, 6.45) is 3.97. The number of anilines is 2. The Morgan fingerprint density at radius 3 is 2.48 bits per heavy atom. The number of rotatable bonds is 3. The van der Waals surface area contributed by atoms with E-state index in [2.05, 4.69) is 15.2 Å². The molecular formula is C15H17ClN4O. The fourth-order valence-electron chi connectivity index (χ4n) is 2.52. The van der Waals surface area contributed by atoms with Crippen LogP contribution >= 0.6 is 11.6 Å². The van der Waals surface area contributed by atoms with Gasteiger partial charge in [-0.15, -0.1) is 0 Å². The largest absolute Gasteiger partial charge is 0.372 e. The first-order valence-corrected chi connectivity index (χ1v) is 7.36. The zero-order chi connectivity index (χ0) is 14.8. The van der Waals surface area contributed by atoms with Gasteiger partial charge in [0.25, 0.3) is 5.91 Å². The van der Waals surface area contributed by atoms with Crippen LogP contribution in [0.2, 0.25) is 5.28 Å². The Kier molecular flexibility index (Phi) is 3.84. The molecule has 0 atom stereocenters. The van der Waals surface area contributed by atoms with E-state index >= 15 is 0 Å². The fourth-order valence-corrected chi connectivity index (χ4v) is 2.66. The number of carbonyl (C=O) groups excluding carboxylic acids is 1. The number of aromatic nitrogens is 2. The number of amides is 1. The van der Waals surface area contributed by atoms with Crippen molar-refractivity contribution in [2.75, 3.05) is 23.3 Å². The summed E-state index contributed by atoms with van der Waals surface area (Å²) in [5.41, 5.74) is 2.40. The van der Waals surface area contributed by atoms with Crippen LogP contribution in [0.3, 0.4) is 0 Å². The number of benzene rings is 1. The van der Waals surface area contributed by atoms with Crippen molar-refractivity contribution in [1.29, 1.82) is 0 Å². The van der Waals surface area contributed by atoms with Gasteiger partial charge < -0.3 is 14.8 Å². The SMILES string of the molecule is Cn1c(C(=O)Nc2ccc(N3CCCC3)cc2)cnc1Cl. The molecule has 1 aromatic heterocycles. The highest BCUT2D eigenvalue weighted by Crippen LogP contribution is 2.22. The van der Waals surface area contributed by atoms with Gasteiger partial charge in [-0.05, 0) is 48.7 Å². The summed E-state index contributed by atoms with van der Waals surface area (Å²) in [5.74, 6) is -0.217. The van der Waals surface area contributed by atoms with E-state index in [4.69, 9.17) is 11.6 Å². The number of carbonyl (C=O) groups is 1. The molecule has 1 amide bonds. The van der Waals surface area contributed by atoms with E-state index in [0.717, 1.165) is 18.8 Å². The second-order valence-electron chi connectivity index (χ2n) is 5.17. The second-order valence-corrected chi connectivity index (χ2v) is 5.50. The Bertz CT molecular complexity index is 644. The Labute approximate surface area is 128 Å². The number of hydrogen-bond acceptors (Lipinski definition) is 3. The minimum absolute atomic E-state index is 0.217. The molecule has 3 rings (SSSR count). The highest BCUT2D eigenvalue weighted by atomic mass is 35.5. The molecule has 0 spiro atoms. The van der Waals surface area contributed by atoms with Crippen LogP contribution in [0.5, 0.6) is 0 Å². The van der Waals surface area contributed by atoms with E-state index in [9.17, 15) is 4.79 Å². The van der Waals surface area contributed by atoms with Gasteiger partial charge in [0, 0.05) is 31.5 Å². The first-order valence-electron chi connectivity index (χ1n) is 6.99. The summed E-state index contributed by atoms with van der Waals surface area (Å²) in [4.78, 5) is 18.4. The molecule has 110 valence electrons. The lowest BCUT2D eigenvalue weighted by Gasteiger charge is -2.17. The molecule has 1 fully saturated rings. The van der Waals surface area contributed by atoms with E-state index in [1.807, 2.05) is 24.3 Å². The zero-order valence-corrected chi connectivity index (χ0v) is 12.6. The monoisotopic (exact) mass is 304 g/mol. The quantitative estimate of drug-likeness (QED) is 0.948. The Morgan fingerprint density at radius 2 is 1.90 bits per heavy atom. The van der Waals surface area contributed by atoms with E-state index in [1.165, 1.54) is 24.7 Å². The molecule has 5 nitrogen and oxygen atoms in total. The maximum atomic E-state index is 12.1. The predicted molar refractivity (Wildman–Crippen MR) is 84.1 cm³/mol. The van der Waals surface area contributed by atoms with Crippen LogP contribution in [0.1, 0.15) is 23.3 Å². The lowest BCUT2D eigenvalue weighted by molar-refractivity contribution is 0.101. The van der Waals surface area contributed by atoms with E-state index in [1.54, 1.807) is 11.6 Å². The number of nitrogens with one attached hydrogen (secondary N) is 1. The molecule has 1 N–H and O–H groups in total. The molecule has 0 unspecified atom stereocenters. The fraction of sp³-hybridized carbons (Fsp3) is 0.333. The normalized spacial score (nSPS) is 14.5. The minimum Gasteiger partial charge on any atom is -0.372 e. The van der Waals surface area contributed by atoms with Crippen LogP contribution in [0.15, 0.2) is 30.5 Å². The van der Waals surface area contributed by atoms with Crippen LogP contribution in [-0.4, -0.2) is 28.5 Å². The maximum absolute atomic E-state index is 12.1. The zero-order valence-electron chi connectivity index (χ0n) is 11.8. The van der Waals surface area contributed by atoms with Crippen LogP contribution < -0.4 is 10.2 Å². The van der Waals surface area contributed by atoms with Crippen molar-refractivity contribution in [3.63, 3.8) is 0 Å². The third kappa shape index (κ3) is 2.88. The molecule has 1 saturated heterocycles. The van der Waals surface area contributed by atoms with Crippen molar-refractivity contribution in [2.45, 2.75) is 12.8 Å². The lowest BCUT2D eigenvalue weighted by atomic mass is 10.2. The van der Waals surface area contributed by atoms with Crippen molar-refractivity contribution >= 4 is 28.9 Å². The predicted octanol–water partition coefficient (Wildman–Crippen LogP) is 2.93. The number of hydrogen-bond donors (Lipinski definition) is 1. The van der Waals surface area contributed by atoms with Crippen LogP contribution in [0, 0.1) is 0 Å². The van der Waals surface area contributed by atoms with Gasteiger partial charge in [0.15, 0.2) is 0 Å². The molecule has 0 radical (unpaired) electrons. The van der Waals surface area contributed by atoms with E-state index in [0.29, 0.717) is 11.0 Å². The summed E-state index contributed by atoms with van der Waals surface area (Å²) < 4.78 is 1.55. The van der Waals surface area contributed by atoms with Crippen LogP contribution in [0.4, 0.5) is 11.4 Å². The number of halogens is 1. The number of imidazole rings is 1. The third-order valence-corrected chi connectivity index (χ3v) is 4.11. The van der Waals surface area contributed by atoms with Gasteiger partial charge in [0.1, 0.15) is 5.69 Å². The average Bonchev–Trinajstić information content (AvgIpc) is 3.11. The van der Waals surface area contributed by atoms with Crippen molar-refractivity contribution in [2.24, 2.45) is 7.05 Å². The molecule has 2 aromatic rings. The topological polar surface area (TPSA) is 50.2 Å². The van der Waals surface area contributed by atoms with Gasteiger partial charge in [0.2, 0.25) is 5.28 Å². The molecule has 0 aliphatic carbocycles. The summed E-state index contributed by atoms with van der Waals surface area (Å²) in [6, 6.07) is 7.92. The van der Waals surface area contributed by atoms with Gasteiger partial charge >= 0.3 is 0 Å². The Hall–Kier alpha value is -2.01. The Balaban J connectivity index is 1.70. The average molecular weight is 305 g/mol. The maximum Gasteiger partial charge on any atom is 0.273 e. The molecule has 0 saturated carbocycles. The first kappa shape index (κ1) is 13.9.